The van der Waals surface area contributed by atoms with Crippen molar-refractivity contribution in [3.05, 3.63) is 41.5 Å². The van der Waals surface area contributed by atoms with Gasteiger partial charge in [0, 0.05) is 5.39 Å². The minimum Gasteiger partial charge on any atom is -0.495 e. The fraction of sp³-hybridized carbons (Fsp3) is 0.0667. The molecular formula is C15H8O7S. The topological polar surface area (TPSA) is 96.0 Å². The monoisotopic (exact) mass is 332 g/mol. The van der Waals surface area contributed by atoms with Crippen molar-refractivity contribution in [3.63, 3.8) is 0 Å². The van der Waals surface area contributed by atoms with Crippen LogP contribution in [0.2, 0.25) is 0 Å². The molecule has 1 aliphatic carbocycles. The SMILES string of the molecule is COc1c2c(c3c4c(cccc14)OS(=O)(=O)O3)C(=O)C=CC2=O. The van der Waals surface area contributed by atoms with Crippen molar-refractivity contribution in [3.8, 4) is 17.2 Å². The van der Waals surface area contributed by atoms with Crippen LogP contribution in [0.15, 0.2) is 30.4 Å². The third-order valence-electron chi connectivity index (χ3n) is 3.66. The van der Waals surface area contributed by atoms with Crippen LogP contribution in [-0.2, 0) is 10.4 Å². The first-order chi connectivity index (χ1) is 10.9. The third-order valence-corrected chi connectivity index (χ3v) is 4.42. The number of carbonyl (C=O) groups is 2. The van der Waals surface area contributed by atoms with Crippen molar-refractivity contribution < 1.29 is 31.1 Å². The molecule has 2 aliphatic rings. The number of ether oxygens (including phenoxy) is 1. The summed E-state index contributed by atoms with van der Waals surface area (Å²) in [5.41, 5.74) is -0.155. The Kier molecular flexibility index (Phi) is 2.59. The quantitative estimate of drug-likeness (QED) is 0.785. The third kappa shape index (κ3) is 1.78. The standard InChI is InChI=1S/C15H8O7S/c1-20-14-7-3-2-4-10-11(7)15(22-23(18,19)21-10)13-9(17)6-5-8(16)12(13)14/h2-6H,1H3. The predicted molar refractivity (Wildman–Crippen MR) is 78.5 cm³/mol. The molecule has 8 heteroatoms. The molecule has 0 saturated heterocycles. The number of hydrogen-bond acceptors (Lipinski definition) is 7. The van der Waals surface area contributed by atoms with Crippen molar-refractivity contribution in [2.45, 2.75) is 0 Å². The number of fused-ring (bicyclic) bond motifs is 2. The molecule has 0 atom stereocenters. The van der Waals surface area contributed by atoms with Gasteiger partial charge in [-0.2, -0.15) is 0 Å². The maximum absolute atomic E-state index is 12.3. The fourth-order valence-corrected chi connectivity index (χ4v) is 3.59. The Hall–Kier alpha value is -2.87. The summed E-state index contributed by atoms with van der Waals surface area (Å²) in [6, 6.07) is 4.62. The van der Waals surface area contributed by atoms with Crippen LogP contribution in [0.5, 0.6) is 17.2 Å². The second-order valence-corrected chi connectivity index (χ2v) is 6.08. The minimum atomic E-state index is -4.36. The fourth-order valence-electron chi connectivity index (χ4n) is 2.82. The van der Waals surface area contributed by atoms with Gasteiger partial charge in [-0.1, -0.05) is 12.1 Å². The molecular weight excluding hydrogens is 324 g/mol. The van der Waals surface area contributed by atoms with Crippen molar-refractivity contribution in [1.29, 1.82) is 0 Å². The van der Waals surface area contributed by atoms with Gasteiger partial charge in [0.2, 0.25) is 0 Å². The van der Waals surface area contributed by atoms with Crippen LogP contribution in [0.3, 0.4) is 0 Å². The average molecular weight is 332 g/mol. The Morgan fingerprint density at radius 2 is 1.70 bits per heavy atom. The highest BCUT2D eigenvalue weighted by Gasteiger charge is 2.37. The van der Waals surface area contributed by atoms with Crippen LogP contribution in [0.1, 0.15) is 20.7 Å². The van der Waals surface area contributed by atoms with Crippen LogP contribution in [0.4, 0.5) is 0 Å². The van der Waals surface area contributed by atoms with E-state index in [9.17, 15) is 18.0 Å². The van der Waals surface area contributed by atoms with E-state index < -0.39 is 22.0 Å². The van der Waals surface area contributed by atoms with E-state index in [0.717, 1.165) is 12.2 Å². The van der Waals surface area contributed by atoms with Gasteiger partial charge >= 0.3 is 10.4 Å². The van der Waals surface area contributed by atoms with Gasteiger partial charge < -0.3 is 13.1 Å². The van der Waals surface area contributed by atoms with Crippen LogP contribution >= 0.6 is 0 Å². The van der Waals surface area contributed by atoms with Gasteiger partial charge in [0.1, 0.15) is 5.75 Å². The highest BCUT2D eigenvalue weighted by atomic mass is 32.3. The summed E-state index contributed by atoms with van der Waals surface area (Å²) in [5, 5.41) is 0.694. The molecule has 0 N–H and O–H groups in total. The number of hydrogen-bond donors (Lipinski definition) is 0. The molecule has 116 valence electrons. The van der Waals surface area contributed by atoms with Gasteiger partial charge in [0.05, 0.1) is 23.6 Å². The van der Waals surface area contributed by atoms with Gasteiger partial charge in [-0.05, 0) is 18.2 Å². The summed E-state index contributed by atoms with van der Waals surface area (Å²) in [5.74, 6) is -1.02. The molecule has 0 saturated carbocycles. The number of allylic oxidation sites excluding steroid dienone is 2. The molecule has 1 heterocycles. The lowest BCUT2D eigenvalue weighted by Gasteiger charge is -2.24. The Balaban J connectivity index is 2.28. The first-order valence-corrected chi connectivity index (χ1v) is 7.83. The second-order valence-electron chi connectivity index (χ2n) is 4.93. The Bertz CT molecular complexity index is 1050. The minimum absolute atomic E-state index is 0.0136. The summed E-state index contributed by atoms with van der Waals surface area (Å²) in [7, 11) is -3.00. The van der Waals surface area contributed by atoms with E-state index in [-0.39, 0.29) is 33.8 Å². The molecule has 0 amide bonds. The second kappa shape index (κ2) is 4.32. The van der Waals surface area contributed by atoms with Crippen LogP contribution in [0.25, 0.3) is 10.8 Å². The van der Waals surface area contributed by atoms with Gasteiger partial charge in [-0.3, -0.25) is 9.59 Å². The van der Waals surface area contributed by atoms with Gasteiger partial charge in [0.25, 0.3) is 0 Å². The smallest absolute Gasteiger partial charge is 0.495 e. The Labute approximate surface area is 130 Å². The van der Waals surface area contributed by atoms with E-state index in [2.05, 4.69) is 0 Å². The number of rotatable bonds is 1. The molecule has 0 unspecified atom stereocenters. The lowest BCUT2D eigenvalue weighted by Crippen LogP contribution is -2.24. The molecule has 0 fully saturated rings. The molecule has 0 spiro atoms. The summed E-state index contributed by atoms with van der Waals surface area (Å²) < 4.78 is 38.6. The molecule has 0 aromatic heterocycles. The average Bonchev–Trinajstić information content (AvgIpc) is 2.49. The summed E-state index contributed by atoms with van der Waals surface area (Å²) in [6.45, 7) is 0. The van der Waals surface area contributed by atoms with Crippen LogP contribution in [-0.4, -0.2) is 27.1 Å². The van der Waals surface area contributed by atoms with E-state index in [0.29, 0.717) is 5.39 Å². The lowest BCUT2D eigenvalue weighted by molar-refractivity contribution is 0.0990. The van der Waals surface area contributed by atoms with Gasteiger partial charge in [-0.15, -0.1) is 8.42 Å². The summed E-state index contributed by atoms with van der Waals surface area (Å²) >= 11 is 0. The van der Waals surface area contributed by atoms with E-state index >= 15 is 0 Å². The molecule has 4 rings (SSSR count). The normalized spacial score (nSPS) is 17.4. The summed E-state index contributed by atoms with van der Waals surface area (Å²) in [4.78, 5) is 24.5. The molecule has 7 nitrogen and oxygen atoms in total. The number of carbonyl (C=O) groups excluding carboxylic acids is 2. The molecule has 0 radical (unpaired) electrons. The Morgan fingerprint density at radius 1 is 1.00 bits per heavy atom. The molecule has 2 aromatic rings. The number of methoxy groups -OCH3 is 1. The van der Waals surface area contributed by atoms with Crippen molar-refractivity contribution in [2.24, 2.45) is 0 Å². The highest BCUT2D eigenvalue weighted by Crippen LogP contribution is 2.48. The number of benzene rings is 2. The highest BCUT2D eigenvalue weighted by molar-refractivity contribution is 7.82. The predicted octanol–water partition coefficient (Wildman–Crippen LogP) is 1.80. The first-order valence-electron chi connectivity index (χ1n) is 6.50. The molecule has 2 aromatic carbocycles. The molecule has 0 bridgehead atoms. The zero-order chi connectivity index (χ0) is 16.4. The van der Waals surface area contributed by atoms with Gasteiger partial charge in [0.15, 0.2) is 23.1 Å². The largest absolute Gasteiger partial charge is 0.501 e. The van der Waals surface area contributed by atoms with Gasteiger partial charge in [-0.25, -0.2) is 0 Å². The zero-order valence-electron chi connectivity index (χ0n) is 11.7. The van der Waals surface area contributed by atoms with E-state index in [4.69, 9.17) is 13.1 Å². The number of ketones is 2. The van der Waals surface area contributed by atoms with Crippen molar-refractivity contribution >= 4 is 32.7 Å². The van der Waals surface area contributed by atoms with Crippen molar-refractivity contribution in [1.82, 2.24) is 0 Å². The maximum atomic E-state index is 12.3. The first kappa shape index (κ1) is 13.8. The van der Waals surface area contributed by atoms with E-state index in [1.807, 2.05) is 0 Å². The molecule has 1 aliphatic heterocycles. The summed E-state index contributed by atoms with van der Waals surface area (Å²) in [6.07, 6.45) is 2.18. The van der Waals surface area contributed by atoms with E-state index in [1.54, 1.807) is 12.1 Å². The van der Waals surface area contributed by atoms with Crippen LogP contribution in [0, 0.1) is 0 Å². The zero-order valence-corrected chi connectivity index (χ0v) is 12.5. The lowest BCUT2D eigenvalue weighted by atomic mass is 9.89. The molecule has 23 heavy (non-hydrogen) atoms. The van der Waals surface area contributed by atoms with E-state index in [1.165, 1.54) is 13.2 Å². The maximum Gasteiger partial charge on any atom is 0.501 e. The van der Waals surface area contributed by atoms with Crippen LogP contribution < -0.4 is 13.1 Å². The Morgan fingerprint density at radius 3 is 2.39 bits per heavy atom. The van der Waals surface area contributed by atoms with Crippen molar-refractivity contribution in [2.75, 3.05) is 7.11 Å².